The number of hydrogen-bond acceptors (Lipinski definition) is 2. The van der Waals surface area contributed by atoms with Gasteiger partial charge in [0.15, 0.2) is 0 Å². The lowest BCUT2D eigenvalue weighted by molar-refractivity contribution is 0.0684. The number of aromatic carboxylic acids is 1. The predicted octanol–water partition coefficient (Wildman–Crippen LogP) is 3.53. The number of hydrogen-bond donors (Lipinski definition) is 1. The van der Waals surface area contributed by atoms with Gasteiger partial charge in [0, 0.05) is 0 Å². The molecule has 0 amide bonds. The van der Waals surface area contributed by atoms with Crippen molar-refractivity contribution in [2.75, 3.05) is 0 Å². The lowest BCUT2D eigenvalue weighted by Crippen LogP contribution is -2.04. The van der Waals surface area contributed by atoms with Gasteiger partial charge in [0.2, 0.25) is 0 Å². The van der Waals surface area contributed by atoms with Crippen LogP contribution < -0.4 is 0 Å². The average molecular weight is 301 g/mol. The predicted molar refractivity (Wildman–Crippen MR) is 69.4 cm³/mol. The molecule has 0 bridgehead atoms. The molecule has 4 nitrogen and oxygen atoms in total. The van der Waals surface area contributed by atoms with Gasteiger partial charge in [-0.2, -0.15) is 5.10 Å². The maximum absolute atomic E-state index is 12.8. The van der Waals surface area contributed by atoms with Gasteiger partial charge in [-0.15, -0.1) is 0 Å². The van der Waals surface area contributed by atoms with Crippen LogP contribution >= 0.6 is 11.6 Å². The van der Waals surface area contributed by atoms with Crippen LogP contribution in [0.25, 0.3) is 0 Å². The second-order valence-electron chi connectivity index (χ2n) is 4.24. The van der Waals surface area contributed by atoms with Gasteiger partial charge in [0.25, 0.3) is 6.43 Å². The van der Waals surface area contributed by atoms with Gasteiger partial charge < -0.3 is 5.11 Å². The first-order valence-electron chi connectivity index (χ1n) is 5.74. The molecule has 0 fully saturated rings. The van der Waals surface area contributed by atoms with Gasteiger partial charge in [-0.05, 0) is 18.1 Å². The molecule has 0 radical (unpaired) electrons. The Morgan fingerprint density at radius 2 is 2.10 bits per heavy atom. The number of carboxylic acid groups (broad SMARTS) is 1. The number of halogens is 3. The van der Waals surface area contributed by atoms with Gasteiger partial charge in [-0.25, -0.2) is 18.3 Å². The first-order chi connectivity index (χ1) is 9.41. The van der Waals surface area contributed by atoms with E-state index in [4.69, 9.17) is 16.7 Å². The van der Waals surface area contributed by atoms with E-state index in [0.717, 1.165) is 15.8 Å². The zero-order valence-electron chi connectivity index (χ0n) is 10.5. The quantitative estimate of drug-likeness (QED) is 0.940. The molecular formula is C13H11ClF2N2O2. The summed E-state index contributed by atoms with van der Waals surface area (Å²) in [5, 5.41) is 12.3. The molecule has 7 heteroatoms. The van der Waals surface area contributed by atoms with E-state index in [1.165, 1.54) is 0 Å². The summed E-state index contributed by atoms with van der Waals surface area (Å²) in [6.45, 7) is 2.00. The number of benzene rings is 1. The minimum Gasteiger partial charge on any atom is -0.478 e. The van der Waals surface area contributed by atoms with Gasteiger partial charge in [0.1, 0.15) is 16.4 Å². The molecule has 0 saturated heterocycles. The minimum absolute atomic E-state index is 0.137. The zero-order chi connectivity index (χ0) is 14.9. The number of nitrogens with zero attached hydrogens (tertiary/aromatic N) is 2. The summed E-state index contributed by atoms with van der Waals surface area (Å²) in [7, 11) is 0. The monoisotopic (exact) mass is 300 g/mol. The molecule has 1 N–H and O–H groups in total. The number of aryl methyl sites for hydroxylation is 1. The Labute approximate surface area is 118 Å². The summed E-state index contributed by atoms with van der Waals surface area (Å²) in [5.41, 5.74) is 0.315. The second kappa shape index (κ2) is 5.58. The first kappa shape index (κ1) is 14.5. The van der Waals surface area contributed by atoms with Crippen LogP contribution in [0, 0.1) is 6.92 Å². The van der Waals surface area contributed by atoms with E-state index in [0.29, 0.717) is 0 Å². The molecule has 0 aliphatic heterocycles. The standard InChI is InChI=1S/C13H11ClF2N2O2/c1-7-4-2-3-5-8(7)6-18-11(14)9(13(19)20)10(17-18)12(15)16/h2-5,12H,6H2,1H3,(H,19,20). The number of alkyl halides is 2. The molecule has 1 aromatic heterocycles. The molecule has 2 rings (SSSR count). The Kier molecular flexibility index (Phi) is 4.04. The topological polar surface area (TPSA) is 55.1 Å². The highest BCUT2D eigenvalue weighted by Crippen LogP contribution is 2.28. The van der Waals surface area contributed by atoms with E-state index in [9.17, 15) is 13.6 Å². The largest absolute Gasteiger partial charge is 0.478 e. The van der Waals surface area contributed by atoms with Crippen LogP contribution in [0.15, 0.2) is 24.3 Å². The highest BCUT2D eigenvalue weighted by Gasteiger charge is 2.27. The van der Waals surface area contributed by atoms with E-state index < -0.39 is 23.7 Å². The molecular weight excluding hydrogens is 290 g/mol. The average Bonchev–Trinajstić information content (AvgIpc) is 2.70. The molecule has 1 heterocycles. The van der Waals surface area contributed by atoms with Crippen LogP contribution in [-0.2, 0) is 6.54 Å². The van der Waals surface area contributed by atoms with Crippen molar-refractivity contribution < 1.29 is 18.7 Å². The van der Waals surface area contributed by atoms with Gasteiger partial charge in [0.05, 0.1) is 6.54 Å². The second-order valence-corrected chi connectivity index (χ2v) is 4.60. The van der Waals surface area contributed by atoms with E-state index in [2.05, 4.69) is 5.10 Å². The van der Waals surface area contributed by atoms with Crippen molar-refractivity contribution in [1.82, 2.24) is 9.78 Å². The molecule has 0 aliphatic rings. The lowest BCUT2D eigenvalue weighted by Gasteiger charge is -2.06. The first-order valence-corrected chi connectivity index (χ1v) is 6.11. The smallest absolute Gasteiger partial charge is 0.341 e. The summed E-state index contributed by atoms with van der Waals surface area (Å²) in [4.78, 5) is 11.0. The van der Waals surface area contributed by atoms with Crippen LogP contribution in [0.4, 0.5) is 8.78 Å². The molecule has 0 unspecified atom stereocenters. The Morgan fingerprint density at radius 3 is 2.60 bits per heavy atom. The van der Waals surface area contributed by atoms with Gasteiger partial charge in [-0.1, -0.05) is 35.9 Å². The van der Waals surface area contributed by atoms with Gasteiger partial charge in [-0.3, -0.25) is 0 Å². The fourth-order valence-corrected chi connectivity index (χ4v) is 2.14. The van der Waals surface area contributed by atoms with Crippen molar-refractivity contribution in [3.8, 4) is 0 Å². The highest BCUT2D eigenvalue weighted by molar-refractivity contribution is 6.32. The maximum atomic E-state index is 12.8. The Bertz CT molecular complexity index is 656. The maximum Gasteiger partial charge on any atom is 0.341 e. The minimum atomic E-state index is -2.99. The van der Waals surface area contributed by atoms with Crippen molar-refractivity contribution in [3.63, 3.8) is 0 Å². The summed E-state index contributed by atoms with van der Waals surface area (Å²) in [6.07, 6.45) is -2.99. The van der Waals surface area contributed by atoms with Crippen LogP contribution in [0.1, 0.15) is 33.6 Å². The van der Waals surface area contributed by atoms with Crippen LogP contribution in [0.5, 0.6) is 0 Å². The van der Waals surface area contributed by atoms with Crippen LogP contribution in [-0.4, -0.2) is 20.9 Å². The Morgan fingerprint density at radius 1 is 1.45 bits per heavy atom. The normalized spacial score (nSPS) is 11.1. The number of carboxylic acids is 1. The molecule has 2 aromatic rings. The van der Waals surface area contributed by atoms with Crippen molar-refractivity contribution in [2.24, 2.45) is 0 Å². The fourth-order valence-electron chi connectivity index (χ4n) is 1.86. The van der Waals surface area contributed by atoms with Crippen LogP contribution in [0.3, 0.4) is 0 Å². The molecule has 106 valence electrons. The zero-order valence-corrected chi connectivity index (χ0v) is 11.2. The third-order valence-electron chi connectivity index (χ3n) is 2.92. The van der Waals surface area contributed by atoms with Crippen molar-refractivity contribution in [3.05, 3.63) is 51.8 Å². The molecule has 0 aliphatic carbocycles. The van der Waals surface area contributed by atoms with Crippen molar-refractivity contribution in [2.45, 2.75) is 19.9 Å². The van der Waals surface area contributed by atoms with E-state index in [-0.39, 0.29) is 11.7 Å². The number of carbonyl (C=O) groups is 1. The van der Waals surface area contributed by atoms with Crippen LogP contribution in [0.2, 0.25) is 5.15 Å². The molecule has 0 saturated carbocycles. The Hall–Kier alpha value is -1.95. The molecule has 20 heavy (non-hydrogen) atoms. The van der Waals surface area contributed by atoms with Crippen molar-refractivity contribution in [1.29, 1.82) is 0 Å². The SMILES string of the molecule is Cc1ccccc1Cn1nc(C(F)F)c(C(=O)O)c1Cl. The summed E-state index contributed by atoms with van der Waals surface area (Å²) < 4.78 is 26.7. The van der Waals surface area contributed by atoms with E-state index >= 15 is 0 Å². The lowest BCUT2D eigenvalue weighted by atomic mass is 10.1. The third kappa shape index (κ3) is 2.65. The molecule has 1 aromatic carbocycles. The Balaban J connectivity index is 2.46. The van der Waals surface area contributed by atoms with E-state index in [1.807, 2.05) is 19.1 Å². The summed E-state index contributed by atoms with van der Waals surface area (Å²) in [6, 6.07) is 7.30. The van der Waals surface area contributed by atoms with Crippen molar-refractivity contribution >= 4 is 17.6 Å². The third-order valence-corrected chi connectivity index (χ3v) is 3.30. The highest BCUT2D eigenvalue weighted by atomic mass is 35.5. The summed E-state index contributed by atoms with van der Waals surface area (Å²) in [5.74, 6) is -1.51. The summed E-state index contributed by atoms with van der Waals surface area (Å²) >= 11 is 5.86. The molecule has 0 atom stereocenters. The van der Waals surface area contributed by atoms with Gasteiger partial charge >= 0.3 is 5.97 Å². The fraction of sp³-hybridized carbons (Fsp3) is 0.231. The number of aromatic nitrogens is 2. The number of rotatable bonds is 4. The molecule has 0 spiro atoms. The van der Waals surface area contributed by atoms with E-state index in [1.54, 1.807) is 12.1 Å².